The number of nitrogens with zero attached hydrogens (tertiary/aromatic N) is 1. The maximum absolute atomic E-state index is 11.8. The van der Waals surface area contributed by atoms with Crippen molar-refractivity contribution in [1.29, 1.82) is 0 Å². The summed E-state index contributed by atoms with van der Waals surface area (Å²) in [6.45, 7) is 5.07. The molecule has 0 saturated carbocycles. The van der Waals surface area contributed by atoms with Gasteiger partial charge in [-0.15, -0.1) is 0 Å². The van der Waals surface area contributed by atoms with E-state index in [2.05, 4.69) is 10.2 Å². The summed E-state index contributed by atoms with van der Waals surface area (Å²) in [5, 5.41) is 0.825. The number of amides is 2. The molecule has 1 N–H and O–H groups in total. The van der Waals surface area contributed by atoms with Crippen LogP contribution < -0.4 is 5.43 Å². The Labute approximate surface area is 121 Å². The van der Waals surface area contributed by atoms with E-state index in [4.69, 9.17) is 4.74 Å². The average molecular weight is 292 g/mol. The van der Waals surface area contributed by atoms with E-state index in [-0.39, 0.29) is 0 Å². The molecule has 1 saturated heterocycles. The summed E-state index contributed by atoms with van der Waals surface area (Å²) in [5.74, 6) is -0.748. The van der Waals surface area contributed by atoms with Gasteiger partial charge in [0.25, 0.3) is 0 Å². The predicted molar refractivity (Wildman–Crippen MR) is 71.9 cm³/mol. The minimum absolute atomic E-state index is 0.532. The van der Waals surface area contributed by atoms with E-state index < -0.39 is 29.8 Å². The Morgan fingerprint density at radius 3 is 2.43 bits per heavy atom. The van der Waals surface area contributed by atoms with E-state index in [1.165, 1.54) is 0 Å². The zero-order valence-corrected chi connectivity index (χ0v) is 12.0. The summed E-state index contributed by atoms with van der Waals surface area (Å²) in [6.07, 6.45) is -1.78. The number of hydrazine groups is 1. The molecule has 0 spiro atoms. The van der Waals surface area contributed by atoms with Gasteiger partial charge in [-0.3, -0.25) is 0 Å². The highest BCUT2D eigenvalue weighted by molar-refractivity contribution is 5.96. The smallest absolute Gasteiger partial charge is 0.437 e. The highest BCUT2D eigenvalue weighted by Gasteiger charge is 2.44. The zero-order chi connectivity index (χ0) is 15.6. The maximum atomic E-state index is 11.8. The molecule has 0 aromatic heterocycles. The monoisotopic (exact) mass is 292 g/mol. The molecule has 1 aliphatic rings. The molecule has 112 valence electrons. The molecule has 1 unspecified atom stereocenters. The minimum atomic E-state index is -1.02. The Morgan fingerprint density at radius 1 is 1.24 bits per heavy atom. The summed E-state index contributed by atoms with van der Waals surface area (Å²) < 4.78 is 9.61. The van der Waals surface area contributed by atoms with Crippen LogP contribution >= 0.6 is 0 Å². The highest BCUT2D eigenvalue weighted by atomic mass is 16.6. The number of hydrogen-bond acceptors (Lipinski definition) is 5. The van der Waals surface area contributed by atoms with Crippen LogP contribution in [0.2, 0.25) is 0 Å². The molecular weight excluding hydrogens is 276 g/mol. The lowest BCUT2D eigenvalue weighted by molar-refractivity contribution is -0.136. The van der Waals surface area contributed by atoms with Gasteiger partial charge in [0, 0.05) is 0 Å². The van der Waals surface area contributed by atoms with E-state index in [1.54, 1.807) is 51.1 Å². The normalized spacial score (nSPS) is 18.4. The fourth-order valence-electron chi connectivity index (χ4n) is 1.83. The number of ether oxygens (including phenoxy) is 2. The highest BCUT2D eigenvalue weighted by Crippen LogP contribution is 2.27. The first kappa shape index (κ1) is 14.8. The van der Waals surface area contributed by atoms with Gasteiger partial charge in [-0.25, -0.2) is 19.8 Å². The number of carbonyl (C=O) groups is 3. The van der Waals surface area contributed by atoms with Gasteiger partial charge in [0.2, 0.25) is 0 Å². The quantitative estimate of drug-likeness (QED) is 0.667. The third-order valence-electron chi connectivity index (χ3n) is 2.59. The molecule has 0 aliphatic carbocycles. The van der Waals surface area contributed by atoms with E-state index >= 15 is 0 Å². The second-order valence-corrected chi connectivity index (χ2v) is 5.48. The van der Waals surface area contributed by atoms with Crippen molar-refractivity contribution in [3.63, 3.8) is 0 Å². The summed E-state index contributed by atoms with van der Waals surface area (Å²) in [5.41, 5.74) is 2.05. The van der Waals surface area contributed by atoms with Gasteiger partial charge in [-0.2, -0.15) is 5.01 Å². The minimum Gasteiger partial charge on any atom is -0.443 e. The van der Waals surface area contributed by atoms with Crippen molar-refractivity contribution < 1.29 is 23.9 Å². The first-order valence-corrected chi connectivity index (χ1v) is 6.37. The standard InChI is InChI=1S/C14H16N2O5/c1-14(2,3)21-12(18)15-16-10(11(17)20-13(16)19)9-7-5-4-6-8-9/h4-8,10H,1-3H3,(H,15,18). The molecule has 0 bridgehead atoms. The number of cyclic esters (lactones) is 2. The fraction of sp³-hybridized carbons (Fsp3) is 0.357. The predicted octanol–water partition coefficient (Wildman–Crippen LogP) is 2.15. The Bertz CT molecular complexity index is 564. The Kier molecular flexibility index (Phi) is 3.84. The lowest BCUT2D eigenvalue weighted by Crippen LogP contribution is -2.46. The van der Waals surface area contributed by atoms with Gasteiger partial charge < -0.3 is 9.47 Å². The van der Waals surface area contributed by atoms with Crippen molar-refractivity contribution in [3.05, 3.63) is 35.9 Å². The molecule has 2 rings (SSSR count). The number of benzene rings is 1. The van der Waals surface area contributed by atoms with E-state index in [0.717, 1.165) is 5.01 Å². The van der Waals surface area contributed by atoms with E-state index in [9.17, 15) is 14.4 Å². The lowest BCUT2D eigenvalue weighted by Gasteiger charge is -2.24. The van der Waals surface area contributed by atoms with E-state index in [1.807, 2.05) is 0 Å². The number of esters is 1. The summed E-state index contributed by atoms with van der Waals surface area (Å²) in [7, 11) is 0. The van der Waals surface area contributed by atoms with Gasteiger partial charge >= 0.3 is 18.2 Å². The van der Waals surface area contributed by atoms with Gasteiger partial charge in [-0.05, 0) is 26.3 Å². The van der Waals surface area contributed by atoms with Crippen LogP contribution in [-0.4, -0.2) is 28.8 Å². The largest absolute Gasteiger partial charge is 0.443 e. The van der Waals surface area contributed by atoms with Gasteiger partial charge in [0.05, 0.1) is 0 Å². The Balaban J connectivity index is 2.18. The van der Waals surface area contributed by atoms with Gasteiger partial charge in [0.15, 0.2) is 6.04 Å². The Hall–Kier alpha value is -2.57. The number of carbonyl (C=O) groups excluding carboxylic acids is 3. The Morgan fingerprint density at radius 2 is 1.86 bits per heavy atom. The maximum Gasteiger partial charge on any atom is 0.437 e. The number of rotatable bonds is 2. The van der Waals surface area contributed by atoms with Crippen molar-refractivity contribution in [3.8, 4) is 0 Å². The molecule has 1 aromatic rings. The number of nitrogens with one attached hydrogen (secondary N) is 1. The summed E-state index contributed by atoms with van der Waals surface area (Å²) >= 11 is 0. The molecule has 21 heavy (non-hydrogen) atoms. The molecule has 1 aromatic carbocycles. The van der Waals surface area contributed by atoms with Crippen LogP contribution in [0.4, 0.5) is 9.59 Å². The van der Waals surface area contributed by atoms with Gasteiger partial charge in [-0.1, -0.05) is 30.3 Å². The molecule has 1 heterocycles. The van der Waals surface area contributed by atoms with Crippen molar-refractivity contribution in [1.82, 2.24) is 10.4 Å². The van der Waals surface area contributed by atoms with Gasteiger partial charge in [0.1, 0.15) is 5.60 Å². The van der Waals surface area contributed by atoms with Crippen LogP contribution in [0.25, 0.3) is 0 Å². The van der Waals surface area contributed by atoms with E-state index in [0.29, 0.717) is 5.56 Å². The van der Waals surface area contributed by atoms with Crippen molar-refractivity contribution in [2.45, 2.75) is 32.4 Å². The van der Waals surface area contributed by atoms with Crippen LogP contribution in [0.3, 0.4) is 0 Å². The van der Waals surface area contributed by atoms with Crippen molar-refractivity contribution >= 4 is 18.2 Å². The average Bonchev–Trinajstić information content (AvgIpc) is 2.63. The molecule has 1 aliphatic heterocycles. The molecule has 0 radical (unpaired) electrons. The molecule has 7 heteroatoms. The molecule has 2 amide bonds. The van der Waals surface area contributed by atoms with Crippen LogP contribution in [0.15, 0.2) is 30.3 Å². The molecule has 1 atom stereocenters. The third kappa shape index (κ3) is 3.50. The first-order chi connectivity index (χ1) is 9.78. The second-order valence-electron chi connectivity index (χ2n) is 5.48. The molecule has 7 nitrogen and oxygen atoms in total. The summed E-state index contributed by atoms with van der Waals surface area (Å²) in [6, 6.07) is 7.51. The topological polar surface area (TPSA) is 84.9 Å². The van der Waals surface area contributed by atoms with Crippen LogP contribution in [0.1, 0.15) is 32.4 Å². The first-order valence-electron chi connectivity index (χ1n) is 6.37. The van der Waals surface area contributed by atoms with Crippen molar-refractivity contribution in [2.75, 3.05) is 0 Å². The SMILES string of the molecule is CC(C)(C)OC(=O)NN1C(=O)OC(=O)C1c1ccccc1. The molecular formula is C14H16N2O5. The molecule has 1 fully saturated rings. The lowest BCUT2D eigenvalue weighted by atomic mass is 10.1. The fourth-order valence-corrected chi connectivity index (χ4v) is 1.83. The third-order valence-corrected chi connectivity index (χ3v) is 2.59. The van der Waals surface area contributed by atoms with Crippen LogP contribution in [-0.2, 0) is 14.3 Å². The zero-order valence-electron chi connectivity index (χ0n) is 12.0. The number of hydrogen-bond donors (Lipinski definition) is 1. The van der Waals surface area contributed by atoms with Crippen LogP contribution in [0.5, 0.6) is 0 Å². The van der Waals surface area contributed by atoms with Crippen molar-refractivity contribution in [2.24, 2.45) is 0 Å². The summed E-state index contributed by atoms with van der Waals surface area (Å²) in [4.78, 5) is 35.2. The second kappa shape index (κ2) is 5.43. The van der Waals surface area contributed by atoms with Crippen LogP contribution in [0, 0.1) is 0 Å².